The van der Waals surface area contributed by atoms with Crippen LogP contribution < -0.4 is 10.1 Å². The highest BCUT2D eigenvalue weighted by Gasteiger charge is 2.13. The largest absolute Gasteiger partial charge is 0.494 e. The van der Waals surface area contributed by atoms with Gasteiger partial charge in [0.25, 0.3) is 5.91 Å². The summed E-state index contributed by atoms with van der Waals surface area (Å²) < 4.78 is 11.3. The van der Waals surface area contributed by atoms with Crippen molar-refractivity contribution in [3.8, 4) is 17.2 Å². The Balaban J connectivity index is 1.60. The van der Waals surface area contributed by atoms with E-state index >= 15 is 0 Å². The molecule has 4 rings (SSSR count). The second-order valence-corrected chi connectivity index (χ2v) is 6.93. The number of rotatable bonds is 5. The van der Waals surface area contributed by atoms with E-state index in [1.807, 2.05) is 57.2 Å². The van der Waals surface area contributed by atoms with E-state index in [0.717, 1.165) is 39.2 Å². The number of hydrogen-bond acceptors (Lipinski definition) is 4. The number of ether oxygens (including phenoxy) is 1. The van der Waals surface area contributed by atoms with Gasteiger partial charge in [-0.15, -0.1) is 0 Å². The molecule has 1 N–H and O–H groups in total. The Bertz CT molecular complexity index is 1180. The van der Waals surface area contributed by atoms with Gasteiger partial charge in [-0.2, -0.15) is 0 Å². The molecule has 0 aliphatic carbocycles. The van der Waals surface area contributed by atoms with Crippen molar-refractivity contribution >= 4 is 22.7 Å². The lowest BCUT2D eigenvalue weighted by atomic mass is 10.1. The molecular weight excluding hydrogens is 364 g/mol. The van der Waals surface area contributed by atoms with Gasteiger partial charge in [0.1, 0.15) is 11.3 Å². The van der Waals surface area contributed by atoms with E-state index in [1.165, 1.54) is 0 Å². The van der Waals surface area contributed by atoms with E-state index in [0.29, 0.717) is 18.1 Å². The molecule has 0 saturated carbocycles. The SMILES string of the molecule is CCOc1ccc(C(=O)Nc2cc(-c3nc4cc(C)ccc4o3)ccc2C)cc1. The molecule has 4 aromatic rings. The minimum absolute atomic E-state index is 0.179. The van der Waals surface area contributed by atoms with Crippen LogP contribution in [0.15, 0.2) is 65.1 Å². The van der Waals surface area contributed by atoms with Crippen LogP contribution in [0.1, 0.15) is 28.4 Å². The molecule has 146 valence electrons. The highest BCUT2D eigenvalue weighted by Crippen LogP contribution is 2.28. The zero-order valence-electron chi connectivity index (χ0n) is 16.7. The van der Waals surface area contributed by atoms with Crippen molar-refractivity contribution in [3.63, 3.8) is 0 Å². The van der Waals surface area contributed by atoms with Gasteiger partial charge < -0.3 is 14.5 Å². The summed E-state index contributed by atoms with van der Waals surface area (Å²) >= 11 is 0. The minimum atomic E-state index is -0.179. The van der Waals surface area contributed by atoms with Gasteiger partial charge in [-0.25, -0.2) is 4.98 Å². The number of nitrogens with zero attached hydrogens (tertiary/aromatic N) is 1. The van der Waals surface area contributed by atoms with Crippen LogP contribution in [0.4, 0.5) is 5.69 Å². The molecule has 0 aliphatic rings. The van der Waals surface area contributed by atoms with E-state index < -0.39 is 0 Å². The summed E-state index contributed by atoms with van der Waals surface area (Å²) in [6, 6.07) is 18.8. The maximum absolute atomic E-state index is 12.7. The van der Waals surface area contributed by atoms with Crippen LogP contribution in [-0.4, -0.2) is 17.5 Å². The molecule has 0 aliphatic heterocycles. The zero-order valence-corrected chi connectivity index (χ0v) is 16.7. The first-order valence-electron chi connectivity index (χ1n) is 9.56. The van der Waals surface area contributed by atoms with Crippen molar-refractivity contribution in [2.45, 2.75) is 20.8 Å². The second kappa shape index (κ2) is 7.80. The number of aromatic nitrogens is 1. The standard InChI is InChI=1S/C24H22N2O3/c1-4-28-19-10-8-17(9-11-19)23(27)25-20-14-18(7-6-16(20)3)24-26-21-13-15(2)5-12-22(21)29-24/h5-14H,4H2,1-3H3,(H,25,27). The number of benzene rings is 3. The molecule has 0 bridgehead atoms. The molecule has 0 radical (unpaired) electrons. The maximum atomic E-state index is 12.7. The third-order valence-corrected chi connectivity index (χ3v) is 4.70. The molecule has 0 spiro atoms. The molecule has 5 heteroatoms. The molecule has 0 atom stereocenters. The Morgan fingerprint density at radius 2 is 1.83 bits per heavy atom. The lowest BCUT2D eigenvalue weighted by Gasteiger charge is -2.10. The van der Waals surface area contributed by atoms with Crippen LogP contribution in [0.25, 0.3) is 22.6 Å². The Morgan fingerprint density at radius 3 is 2.59 bits per heavy atom. The fourth-order valence-corrected chi connectivity index (χ4v) is 3.11. The molecule has 5 nitrogen and oxygen atoms in total. The fourth-order valence-electron chi connectivity index (χ4n) is 3.11. The van der Waals surface area contributed by atoms with Crippen molar-refractivity contribution in [2.75, 3.05) is 11.9 Å². The molecule has 29 heavy (non-hydrogen) atoms. The van der Waals surface area contributed by atoms with Crippen molar-refractivity contribution < 1.29 is 13.9 Å². The lowest BCUT2D eigenvalue weighted by Crippen LogP contribution is -2.12. The number of amides is 1. The van der Waals surface area contributed by atoms with Crippen LogP contribution >= 0.6 is 0 Å². The number of carbonyl (C=O) groups is 1. The number of nitrogens with one attached hydrogen (secondary N) is 1. The Labute approximate surface area is 169 Å². The first-order chi connectivity index (χ1) is 14.0. The highest BCUT2D eigenvalue weighted by atomic mass is 16.5. The normalized spacial score (nSPS) is 10.9. The minimum Gasteiger partial charge on any atom is -0.494 e. The Hall–Kier alpha value is -3.60. The summed E-state index contributed by atoms with van der Waals surface area (Å²) in [5, 5.41) is 2.98. The van der Waals surface area contributed by atoms with Crippen LogP contribution in [0.5, 0.6) is 5.75 Å². The number of aryl methyl sites for hydroxylation is 2. The maximum Gasteiger partial charge on any atom is 0.255 e. The van der Waals surface area contributed by atoms with Crippen LogP contribution in [0, 0.1) is 13.8 Å². The summed E-state index contributed by atoms with van der Waals surface area (Å²) in [5.74, 6) is 1.09. The molecule has 3 aromatic carbocycles. The van der Waals surface area contributed by atoms with E-state index in [9.17, 15) is 4.79 Å². The van der Waals surface area contributed by atoms with Gasteiger partial charge in [0.05, 0.1) is 6.61 Å². The predicted octanol–water partition coefficient (Wildman–Crippen LogP) is 5.76. The van der Waals surface area contributed by atoms with Crippen molar-refractivity contribution in [1.82, 2.24) is 4.98 Å². The molecule has 1 heterocycles. The first-order valence-corrected chi connectivity index (χ1v) is 9.56. The number of carbonyl (C=O) groups excluding carboxylic acids is 1. The summed E-state index contributed by atoms with van der Waals surface area (Å²) in [4.78, 5) is 17.3. The average Bonchev–Trinajstić information content (AvgIpc) is 3.13. The Kier molecular flexibility index (Phi) is 5.04. The lowest BCUT2D eigenvalue weighted by molar-refractivity contribution is 0.102. The summed E-state index contributed by atoms with van der Waals surface area (Å²) in [6.45, 7) is 6.49. The second-order valence-electron chi connectivity index (χ2n) is 6.93. The molecule has 0 fully saturated rings. The monoisotopic (exact) mass is 386 g/mol. The molecule has 0 saturated heterocycles. The van der Waals surface area contributed by atoms with Gasteiger partial charge in [0.15, 0.2) is 5.58 Å². The van der Waals surface area contributed by atoms with Crippen LogP contribution in [-0.2, 0) is 0 Å². The number of anilines is 1. The average molecular weight is 386 g/mol. The van der Waals surface area contributed by atoms with Gasteiger partial charge in [-0.3, -0.25) is 4.79 Å². The number of fused-ring (bicyclic) bond motifs is 1. The highest BCUT2D eigenvalue weighted by molar-refractivity contribution is 6.05. The first kappa shape index (κ1) is 18.7. The zero-order chi connectivity index (χ0) is 20.4. The Morgan fingerprint density at radius 1 is 1.03 bits per heavy atom. The quantitative estimate of drug-likeness (QED) is 0.473. The summed E-state index contributed by atoms with van der Waals surface area (Å²) in [7, 11) is 0. The van der Waals surface area contributed by atoms with Gasteiger partial charge in [-0.05, 0) is 80.4 Å². The molecule has 0 unspecified atom stereocenters. The molecular formula is C24H22N2O3. The van der Waals surface area contributed by atoms with E-state index in [2.05, 4.69) is 10.3 Å². The van der Waals surface area contributed by atoms with Crippen molar-refractivity contribution in [2.24, 2.45) is 0 Å². The third-order valence-electron chi connectivity index (χ3n) is 4.70. The van der Waals surface area contributed by atoms with Gasteiger partial charge in [0, 0.05) is 16.8 Å². The fraction of sp³-hybridized carbons (Fsp3) is 0.167. The van der Waals surface area contributed by atoms with Gasteiger partial charge in [-0.1, -0.05) is 12.1 Å². The van der Waals surface area contributed by atoms with Crippen molar-refractivity contribution in [1.29, 1.82) is 0 Å². The summed E-state index contributed by atoms with van der Waals surface area (Å²) in [6.07, 6.45) is 0. The smallest absolute Gasteiger partial charge is 0.255 e. The third kappa shape index (κ3) is 3.99. The van der Waals surface area contributed by atoms with Gasteiger partial charge >= 0.3 is 0 Å². The van der Waals surface area contributed by atoms with E-state index in [-0.39, 0.29) is 5.91 Å². The van der Waals surface area contributed by atoms with Crippen LogP contribution in [0.2, 0.25) is 0 Å². The number of hydrogen-bond donors (Lipinski definition) is 1. The van der Waals surface area contributed by atoms with Gasteiger partial charge in [0.2, 0.25) is 5.89 Å². The predicted molar refractivity (Wildman–Crippen MR) is 114 cm³/mol. The topological polar surface area (TPSA) is 64.4 Å². The molecule has 1 amide bonds. The van der Waals surface area contributed by atoms with Crippen molar-refractivity contribution in [3.05, 3.63) is 77.4 Å². The molecule has 1 aromatic heterocycles. The van der Waals surface area contributed by atoms with E-state index in [4.69, 9.17) is 9.15 Å². The summed E-state index contributed by atoms with van der Waals surface area (Å²) in [5.41, 5.74) is 5.75. The van der Waals surface area contributed by atoms with E-state index in [1.54, 1.807) is 24.3 Å². The number of oxazole rings is 1. The van der Waals surface area contributed by atoms with Crippen LogP contribution in [0.3, 0.4) is 0 Å².